The van der Waals surface area contributed by atoms with E-state index in [1.54, 1.807) is 0 Å². The summed E-state index contributed by atoms with van der Waals surface area (Å²) in [7, 11) is 0. The van der Waals surface area contributed by atoms with Gasteiger partial charge in [-0.3, -0.25) is 9.69 Å². The molecule has 2 saturated heterocycles. The lowest BCUT2D eigenvalue weighted by molar-refractivity contribution is -0.132. The number of piperidine rings is 1. The SMILES string of the molecule is C[C@@H]1CN(C2CCN(C(=O)Cc3ccc4c(c3)OCO4)CC2)CCO1. The van der Waals surface area contributed by atoms with Crippen LogP contribution in [-0.2, 0) is 16.0 Å². The third kappa shape index (κ3) is 3.75. The Bertz CT molecular complexity index is 628. The molecule has 0 aliphatic carbocycles. The van der Waals surface area contributed by atoms with E-state index in [9.17, 15) is 4.79 Å². The quantitative estimate of drug-likeness (QED) is 0.833. The fourth-order valence-electron chi connectivity index (χ4n) is 3.99. The van der Waals surface area contributed by atoms with E-state index >= 15 is 0 Å². The zero-order valence-electron chi connectivity index (χ0n) is 14.8. The summed E-state index contributed by atoms with van der Waals surface area (Å²) < 4.78 is 16.3. The van der Waals surface area contributed by atoms with Gasteiger partial charge in [0.15, 0.2) is 11.5 Å². The van der Waals surface area contributed by atoms with Gasteiger partial charge in [-0.25, -0.2) is 0 Å². The van der Waals surface area contributed by atoms with E-state index in [4.69, 9.17) is 14.2 Å². The van der Waals surface area contributed by atoms with Gasteiger partial charge < -0.3 is 19.1 Å². The van der Waals surface area contributed by atoms with Crippen LogP contribution in [-0.4, -0.2) is 67.4 Å². The molecule has 3 heterocycles. The molecular formula is C19H26N2O4. The van der Waals surface area contributed by atoms with Gasteiger partial charge in [0.1, 0.15) is 0 Å². The summed E-state index contributed by atoms with van der Waals surface area (Å²) in [4.78, 5) is 17.2. The molecule has 3 aliphatic heterocycles. The fraction of sp³-hybridized carbons (Fsp3) is 0.632. The highest BCUT2D eigenvalue weighted by Crippen LogP contribution is 2.32. The van der Waals surface area contributed by atoms with E-state index in [2.05, 4.69) is 11.8 Å². The van der Waals surface area contributed by atoms with Gasteiger partial charge in [0.2, 0.25) is 12.7 Å². The molecule has 6 nitrogen and oxygen atoms in total. The van der Waals surface area contributed by atoms with Gasteiger partial charge >= 0.3 is 0 Å². The Morgan fingerprint density at radius 2 is 1.96 bits per heavy atom. The molecule has 1 aromatic rings. The van der Waals surface area contributed by atoms with Crippen LogP contribution in [0.3, 0.4) is 0 Å². The van der Waals surface area contributed by atoms with Gasteiger partial charge in [-0.1, -0.05) is 6.07 Å². The fourth-order valence-corrected chi connectivity index (χ4v) is 3.99. The van der Waals surface area contributed by atoms with Gasteiger partial charge in [-0.05, 0) is 37.5 Å². The number of hydrogen-bond donors (Lipinski definition) is 0. The van der Waals surface area contributed by atoms with Crippen molar-refractivity contribution in [2.75, 3.05) is 39.6 Å². The second kappa shape index (κ2) is 7.22. The molecule has 0 N–H and O–H groups in total. The number of likely N-dealkylation sites (tertiary alicyclic amines) is 1. The van der Waals surface area contributed by atoms with Crippen LogP contribution in [0.4, 0.5) is 0 Å². The molecule has 0 aromatic heterocycles. The van der Waals surface area contributed by atoms with Crippen LogP contribution >= 0.6 is 0 Å². The predicted molar refractivity (Wildman–Crippen MR) is 92.9 cm³/mol. The highest BCUT2D eigenvalue weighted by atomic mass is 16.7. The van der Waals surface area contributed by atoms with Crippen molar-refractivity contribution in [2.45, 2.75) is 38.3 Å². The number of carbonyl (C=O) groups is 1. The van der Waals surface area contributed by atoms with Crippen molar-refractivity contribution < 1.29 is 19.0 Å². The third-order valence-corrected chi connectivity index (χ3v) is 5.40. The lowest BCUT2D eigenvalue weighted by atomic mass is 10.0. The van der Waals surface area contributed by atoms with E-state index in [1.165, 1.54) is 0 Å². The molecule has 25 heavy (non-hydrogen) atoms. The first-order valence-electron chi connectivity index (χ1n) is 9.21. The number of morpholine rings is 1. The Balaban J connectivity index is 1.29. The first kappa shape index (κ1) is 16.7. The smallest absolute Gasteiger partial charge is 0.231 e. The maximum Gasteiger partial charge on any atom is 0.231 e. The van der Waals surface area contributed by atoms with E-state index < -0.39 is 0 Å². The number of amides is 1. The largest absolute Gasteiger partial charge is 0.454 e. The molecule has 2 fully saturated rings. The van der Waals surface area contributed by atoms with Crippen LogP contribution in [0.1, 0.15) is 25.3 Å². The topological polar surface area (TPSA) is 51.2 Å². The molecule has 0 saturated carbocycles. The molecule has 0 bridgehead atoms. The Labute approximate surface area is 148 Å². The van der Waals surface area contributed by atoms with E-state index in [0.717, 1.165) is 62.7 Å². The summed E-state index contributed by atoms with van der Waals surface area (Å²) in [6.07, 6.45) is 2.86. The van der Waals surface area contributed by atoms with Gasteiger partial charge in [0.05, 0.1) is 19.1 Å². The maximum atomic E-state index is 12.6. The minimum Gasteiger partial charge on any atom is -0.454 e. The summed E-state index contributed by atoms with van der Waals surface area (Å²) in [5.41, 5.74) is 0.985. The molecule has 0 radical (unpaired) electrons. The van der Waals surface area contributed by atoms with Crippen molar-refractivity contribution in [3.63, 3.8) is 0 Å². The molecule has 1 amide bonds. The van der Waals surface area contributed by atoms with Gasteiger partial charge in [0.25, 0.3) is 0 Å². The Morgan fingerprint density at radius 1 is 1.16 bits per heavy atom. The first-order chi connectivity index (χ1) is 12.2. The number of hydrogen-bond acceptors (Lipinski definition) is 5. The zero-order chi connectivity index (χ0) is 17.2. The van der Waals surface area contributed by atoms with Crippen molar-refractivity contribution in [1.82, 2.24) is 9.80 Å². The van der Waals surface area contributed by atoms with Crippen molar-refractivity contribution in [3.05, 3.63) is 23.8 Å². The Kier molecular flexibility index (Phi) is 4.81. The second-order valence-electron chi connectivity index (χ2n) is 7.15. The zero-order valence-corrected chi connectivity index (χ0v) is 14.8. The molecule has 0 unspecified atom stereocenters. The Morgan fingerprint density at radius 3 is 2.76 bits per heavy atom. The summed E-state index contributed by atoms with van der Waals surface area (Å²) >= 11 is 0. The average molecular weight is 346 g/mol. The molecule has 1 atom stereocenters. The van der Waals surface area contributed by atoms with Gasteiger partial charge in [-0.2, -0.15) is 0 Å². The van der Waals surface area contributed by atoms with Crippen molar-refractivity contribution in [1.29, 1.82) is 0 Å². The van der Waals surface area contributed by atoms with Crippen molar-refractivity contribution in [3.8, 4) is 11.5 Å². The normalized spacial score (nSPS) is 24.5. The summed E-state index contributed by atoms with van der Waals surface area (Å²) in [5.74, 6) is 1.70. The average Bonchev–Trinajstić information content (AvgIpc) is 3.09. The van der Waals surface area contributed by atoms with Gasteiger partial charge in [-0.15, -0.1) is 0 Å². The Hall–Kier alpha value is -1.79. The lowest BCUT2D eigenvalue weighted by Gasteiger charge is -2.41. The van der Waals surface area contributed by atoms with Crippen molar-refractivity contribution >= 4 is 5.91 Å². The highest BCUT2D eigenvalue weighted by molar-refractivity contribution is 5.79. The second-order valence-corrected chi connectivity index (χ2v) is 7.15. The molecular weight excluding hydrogens is 320 g/mol. The number of nitrogens with zero attached hydrogens (tertiary/aromatic N) is 2. The third-order valence-electron chi connectivity index (χ3n) is 5.40. The van der Waals surface area contributed by atoms with Crippen LogP contribution in [0.5, 0.6) is 11.5 Å². The van der Waals surface area contributed by atoms with Crippen LogP contribution in [0.2, 0.25) is 0 Å². The van der Waals surface area contributed by atoms with Crippen LogP contribution in [0.25, 0.3) is 0 Å². The number of carbonyl (C=O) groups excluding carboxylic acids is 1. The molecule has 6 heteroatoms. The summed E-state index contributed by atoms with van der Waals surface area (Å²) in [5, 5.41) is 0. The molecule has 136 valence electrons. The molecule has 4 rings (SSSR count). The molecule has 0 spiro atoms. The molecule has 3 aliphatic rings. The summed E-state index contributed by atoms with van der Waals surface area (Å²) in [6, 6.07) is 6.34. The van der Waals surface area contributed by atoms with Crippen LogP contribution in [0.15, 0.2) is 18.2 Å². The monoisotopic (exact) mass is 346 g/mol. The first-order valence-corrected chi connectivity index (χ1v) is 9.21. The number of rotatable bonds is 3. The van der Waals surface area contributed by atoms with Crippen LogP contribution < -0.4 is 9.47 Å². The number of fused-ring (bicyclic) bond motifs is 1. The number of ether oxygens (including phenoxy) is 3. The number of benzene rings is 1. The maximum absolute atomic E-state index is 12.6. The van der Waals surface area contributed by atoms with E-state index in [-0.39, 0.29) is 12.7 Å². The minimum absolute atomic E-state index is 0.202. The standard InChI is InChI=1S/C19H26N2O4/c1-14-12-21(8-9-23-14)16-4-6-20(7-5-16)19(22)11-15-2-3-17-18(10-15)25-13-24-17/h2-3,10,14,16H,4-9,11-13H2,1H3/t14-/m1/s1. The minimum atomic E-state index is 0.202. The predicted octanol–water partition coefficient (Wildman–Crippen LogP) is 1.67. The van der Waals surface area contributed by atoms with Crippen LogP contribution in [0, 0.1) is 0 Å². The molecule has 1 aromatic carbocycles. The lowest BCUT2D eigenvalue weighted by Crippen LogP contribution is -2.52. The van der Waals surface area contributed by atoms with E-state index in [0.29, 0.717) is 18.6 Å². The highest BCUT2D eigenvalue weighted by Gasteiger charge is 2.29. The summed E-state index contributed by atoms with van der Waals surface area (Å²) in [6.45, 7) is 6.94. The van der Waals surface area contributed by atoms with Crippen molar-refractivity contribution in [2.24, 2.45) is 0 Å². The van der Waals surface area contributed by atoms with E-state index in [1.807, 2.05) is 23.1 Å². The van der Waals surface area contributed by atoms with Gasteiger partial charge in [0, 0.05) is 32.2 Å².